The number of hydrogen-bond acceptors (Lipinski definition) is 13. The molecular formula is C26H32O13. The van der Waals surface area contributed by atoms with Crippen molar-refractivity contribution in [2.75, 3.05) is 13.7 Å². The third kappa shape index (κ3) is 5.44. The summed E-state index contributed by atoms with van der Waals surface area (Å²) in [5, 5.41) is 63.3. The molecule has 0 bridgehead atoms. The molecule has 13 heteroatoms. The van der Waals surface area contributed by atoms with Crippen molar-refractivity contribution in [3.63, 3.8) is 0 Å². The summed E-state index contributed by atoms with van der Waals surface area (Å²) >= 11 is 0. The molecule has 2 aliphatic heterocycles. The highest BCUT2D eigenvalue weighted by molar-refractivity contribution is 5.91. The molecule has 39 heavy (non-hydrogen) atoms. The number of aliphatic hydroxyl groups is 6. The molecule has 0 aromatic heterocycles. The number of esters is 2. The van der Waals surface area contributed by atoms with Gasteiger partial charge < -0.3 is 54.3 Å². The van der Waals surface area contributed by atoms with Crippen LogP contribution in [0.2, 0.25) is 0 Å². The van der Waals surface area contributed by atoms with Crippen LogP contribution in [0.25, 0.3) is 6.08 Å². The lowest BCUT2D eigenvalue weighted by atomic mass is 9.77. The molecule has 214 valence electrons. The smallest absolute Gasteiger partial charge is 0.339 e. The third-order valence-corrected chi connectivity index (χ3v) is 7.34. The normalized spacial score (nSPS) is 39.9. The van der Waals surface area contributed by atoms with Gasteiger partial charge in [0, 0.05) is 12.5 Å². The number of rotatable bonds is 7. The Labute approximate surface area is 223 Å². The van der Waals surface area contributed by atoms with E-state index in [0.717, 1.165) is 25.0 Å². The van der Waals surface area contributed by atoms with E-state index in [0.29, 0.717) is 0 Å². The molecule has 1 aliphatic carbocycles. The largest absolute Gasteiger partial charge is 0.471 e. The maximum absolute atomic E-state index is 12.6. The molecule has 0 unspecified atom stereocenters. The van der Waals surface area contributed by atoms with E-state index >= 15 is 0 Å². The lowest BCUT2D eigenvalue weighted by Crippen LogP contribution is -2.62. The van der Waals surface area contributed by atoms with E-state index in [1.54, 1.807) is 24.3 Å². The van der Waals surface area contributed by atoms with Crippen LogP contribution >= 0.6 is 0 Å². The molecule has 4 rings (SSSR count). The van der Waals surface area contributed by atoms with Crippen molar-refractivity contribution in [2.24, 2.45) is 5.92 Å². The molecule has 0 spiro atoms. The number of hydrogen-bond donors (Lipinski definition) is 6. The van der Waals surface area contributed by atoms with Gasteiger partial charge in [0.05, 0.1) is 25.9 Å². The number of aliphatic hydroxyl groups excluding tert-OH is 4. The minimum absolute atomic E-state index is 0.373. The molecule has 1 saturated heterocycles. The summed E-state index contributed by atoms with van der Waals surface area (Å²) in [4.78, 5) is 25.1. The van der Waals surface area contributed by atoms with E-state index in [1.807, 2.05) is 6.07 Å². The Bertz CT molecular complexity index is 1100. The van der Waals surface area contributed by atoms with E-state index in [4.69, 9.17) is 23.7 Å². The van der Waals surface area contributed by atoms with Gasteiger partial charge in [-0.25, -0.2) is 9.59 Å². The van der Waals surface area contributed by atoms with E-state index in [1.165, 1.54) is 13.0 Å². The fourth-order valence-corrected chi connectivity index (χ4v) is 5.22. The second-order valence-corrected chi connectivity index (χ2v) is 9.86. The van der Waals surface area contributed by atoms with Crippen molar-refractivity contribution in [3.05, 3.63) is 53.8 Å². The molecule has 13 nitrogen and oxygen atoms in total. The van der Waals surface area contributed by atoms with E-state index < -0.39 is 85.2 Å². The predicted molar refractivity (Wildman–Crippen MR) is 129 cm³/mol. The molecule has 2 fully saturated rings. The van der Waals surface area contributed by atoms with Gasteiger partial charge in [-0.05, 0) is 18.6 Å². The van der Waals surface area contributed by atoms with Gasteiger partial charge >= 0.3 is 11.9 Å². The Hall–Kier alpha value is -2.88. The first-order chi connectivity index (χ1) is 18.4. The lowest BCUT2D eigenvalue weighted by molar-refractivity contribution is -0.352. The van der Waals surface area contributed by atoms with Crippen molar-refractivity contribution in [3.8, 4) is 0 Å². The van der Waals surface area contributed by atoms with Gasteiger partial charge in [0.2, 0.25) is 6.29 Å². The topological polar surface area (TPSA) is 202 Å². The summed E-state index contributed by atoms with van der Waals surface area (Å²) in [5.41, 5.74) is -3.92. The fourth-order valence-electron chi connectivity index (χ4n) is 5.22. The van der Waals surface area contributed by atoms with Gasteiger partial charge in [-0.1, -0.05) is 30.3 Å². The summed E-state index contributed by atoms with van der Waals surface area (Å²) in [6.45, 7) is 0.532. The first kappa shape index (κ1) is 29.1. The first-order valence-corrected chi connectivity index (χ1v) is 12.2. The zero-order valence-corrected chi connectivity index (χ0v) is 21.2. The summed E-state index contributed by atoms with van der Waals surface area (Å²) < 4.78 is 26.8. The zero-order chi connectivity index (χ0) is 28.5. The van der Waals surface area contributed by atoms with Crippen LogP contribution in [0, 0.1) is 5.92 Å². The van der Waals surface area contributed by atoms with Crippen LogP contribution in [0.15, 0.2) is 48.2 Å². The number of carbonyl (C=O) groups excluding carboxylic acids is 2. The standard InChI is InChI=1S/C26H32O13/c1-25(33)16(38-17(28)9-8-13-6-4-3-5-7-13)10-26(34)14(22(32)35-2)12-36-24(21(25)26)39-23-20(31)19(30)18(29)15(11-27)37-23/h3-9,12,15-16,18-21,23-24,27,29-31,33-34H,10-11H2,1-2H3/b9-8+/t15-,16+,18-,19+,20-,21-,23+,24+,25+,26+/m0/s1. The van der Waals surface area contributed by atoms with Crippen molar-refractivity contribution >= 4 is 18.0 Å². The summed E-state index contributed by atoms with van der Waals surface area (Å²) in [7, 11) is 1.08. The summed E-state index contributed by atoms with van der Waals surface area (Å²) in [6.07, 6.45) is -8.13. The highest BCUT2D eigenvalue weighted by Crippen LogP contribution is 2.53. The minimum Gasteiger partial charge on any atom is -0.471 e. The number of ether oxygens (including phenoxy) is 5. The molecule has 3 aliphatic rings. The zero-order valence-electron chi connectivity index (χ0n) is 21.2. The van der Waals surface area contributed by atoms with Gasteiger partial charge in [0.15, 0.2) is 6.29 Å². The Morgan fingerprint density at radius 2 is 1.77 bits per heavy atom. The van der Waals surface area contributed by atoms with Gasteiger partial charge in [0.25, 0.3) is 0 Å². The monoisotopic (exact) mass is 552 g/mol. The van der Waals surface area contributed by atoms with Crippen molar-refractivity contribution in [1.29, 1.82) is 0 Å². The average Bonchev–Trinajstić information content (AvgIpc) is 3.12. The van der Waals surface area contributed by atoms with Gasteiger partial charge in [-0.2, -0.15) is 0 Å². The first-order valence-electron chi connectivity index (χ1n) is 12.2. The summed E-state index contributed by atoms with van der Waals surface area (Å²) in [5.74, 6) is -3.31. The van der Waals surface area contributed by atoms with Crippen molar-refractivity contribution in [2.45, 2.75) is 67.6 Å². The highest BCUT2D eigenvalue weighted by atomic mass is 16.8. The van der Waals surface area contributed by atoms with E-state index in [9.17, 15) is 40.2 Å². The van der Waals surface area contributed by atoms with Crippen LogP contribution in [-0.2, 0) is 33.3 Å². The number of carbonyl (C=O) groups is 2. The average molecular weight is 553 g/mol. The fraction of sp³-hybridized carbons (Fsp3) is 0.538. The van der Waals surface area contributed by atoms with Crippen LogP contribution in [0.1, 0.15) is 18.9 Å². The molecule has 1 aromatic carbocycles. The number of methoxy groups -OCH3 is 1. The van der Waals surface area contributed by atoms with E-state index in [-0.39, 0.29) is 5.57 Å². The van der Waals surface area contributed by atoms with Crippen LogP contribution in [0.4, 0.5) is 0 Å². The van der Waals surface area contributed by atoms with Crippen LogP contribution in [0.5, 0.6) is 0 Å². The minimum atomic E-state index is -2.19. The van der Waals surface area contributed by atoms with E-state index in [2.05, 4.69) is 0 Å². The van der Waals surface area contributed by atoms with Crippen LogP contribution in [0.3, 0.4) is 0 Å². The Balaban J connectivity index is 1.61. The number of benzene rings is 1. The highest BCUT2D eigenvalue weighted by Gasteiger charge is 2.69. The van der Waals surface area contributed by atoms with Gasteiger partial charge in [-0.15, -0.1) is 0 Å². The Morgan fingerprint density at radius 3 is 2.41 bits per heavy atom. The predicted octanol–water partition coefficient (Wildman–Crippen LogP) is -1.66. The maximum atomic E-state index is 12.6. The molecule has 1 saturated carbocycles. The molecule has 10 atom stereocenters. The second kappa shape index (κ2) is 11.3. The van der Waals surface area contributed by atoms with Crippen LogP contribution < -0.4 is 0 Å². The molecule has 2 heterocycles. The van der Waals surface area contributed by atoms with Gasteiger partial charge in [-0.3, -0.25) is 0 Å². The maximum Gasteiger partial charge on any atom is 0.339 e. The third-order valence-electron chi connectivity index (χ3n) is 7.34. The van der Waals surface area contributed by atoms with Crippen LogP contribution in [-0.4, -0.2) is 111 Å². The molecule has 0 amide bonds. The van der Waals surface area contributed by atoms with Crippen molar-refractivity contribution in [1.82, 2.24) is 0 Å². The van der Waals surface area contributed by atoms with Gasteiger partial charge in [0.1, 0.15) is 47.3 Å². The Kier molecular flexibility index (Phi) is 8.44. The number of fused-ring (bicyclic) bond motifs is 1. The van der Waals surface area contributed by atoms with Crippen molar-refractivity contribution < 1.29 is 63.9 Å². The summed E-state index contributed by atoms with van der Waals surface area (Å²) in [6, 6.07) is 8.90. The second-order valence-electron chi connectivity index (χ2n) is 9.86. The Morgan fingerprint density at radius 1 is 1.08 bits per heavy atom. The molecular weight excluding hydrogens is 520 g/mol. The molecule has 6 N–H and O–H groups in total. The SMILES string of the molecule is COC(=O)C1=CO[C@H](O[C@H]2O[C@@H](CO)[C@H](O)[C@@H](O)[C@@H]2O)[C@H]2[C@](C)(O)[C@H](OC(=O)/C=C/c3ccccc3)C[C@@]12O. The molecule has 1 aromatic rings. The molecule has 0 radical (unpaired) electrons. The lowest BCUT2D eigenvalue weighted by Gasteiger charge is -2.46. The quantitative estimate of drug-likeness (QED) is 0.166.